The standard InChI is InChI=1S/C21H18N2O4/c1-24-18-11-10-15(12-19(18)25-2)21-23-22-20(27-21)13-26-17-9-5-7-14-6-3-4-8-16(14)17/h3-12H,13H2,1-2H3. The first-order chi connectivity index (χ1) is 13.3. The highest BCUT2D eigenvalue weighted by molar-refractivity contribution is 5.88. The smallest absolute Gasteiger partial charge is 0.254 e. The predicted molar refractivity (Wildman–Crippen MR) is 101 cm³/mol. The lowest BCUT2D eigenvalue weighted by molar-refractivity contribution is 0.267. The predicted octanol–water partition coefficient (Wildman–Crippen LogP) is 4.49. The number of methoxy groups -OCH3 is 2. The summed E-state index contributed by atoms with van der Waals surface area (Å²) in [6.07, 6.45) is 0. The maximum absolute atomic E-state index is 5.90. The van der Waals surface area contributed by atoms with E-state index in [2.05, 4.69) is 10.2 Å². The molecule has 0 aliphatic rings. The van der Waals surface area contributed by atoms with Crippen LogP contribution in [0.15, 0.2) is 65.1 Å². The zero-order valence-corrected chi connectivity index (χ0v) is 15.0. The number of aromatic nitrogens is 2. The van der Waals surface area contributed by atoms with E-state index in [4.69, 9.17) is 18.6 Å². The van der Waals surface area contributed by atoms with Crippen LogP contribution >= 0.6 is 0 Å². The molecular weight excluding hydrogens is 344 g/mol. The van der Waals surface area contributed by atoms with Crippen molar-refractivity contribution >= 4 is 10.8 Å². The summed E-state index contributed by atoms with van der Waals surface area (Å²) in [6, 6.07) is 19.4. The number of fused-ring (bicyclic) bond motifs is 1. The van der Waals surface area contributed by atoms with Crippen LogP contribution in [0.25, 0.3) is 22.2 Å². The van der Waals surface area contributed by atoms with Crippen molar-refractivity contribution in [1.82, 2.24) is 10.2 Å². The van der Waals surface area contributed by atoms with Crippen molar-refractivity contribution in [3.63, 3.8) is 0 Å². The SMILES string of the molecule is COc1ccc(-c2nnc(COc3cccc4ccccc34)o2)cc1OC. The Morgan fingerprint density at radius 3 is 2.48 bits per heavy atom. The maximum Gasteiger partial charge on any atom is 0.254 e. The van der Waals surface area contributed by atoms with Gasteiger partial charge >= 0.3 is 0 Å². The molecule has 0 spiro atoms. The second-order valence-electron chi connectivity index (χ2n) is 5.84. The van der Waals surface area contributed by atoms with Crippen molar-refractivity contribution in [3.05, 3.63) is 66.6 Å². The van der Waals surface area contributed by atoms with Crippen LogP contribution in [0.5, 0.6) is 17.2 Å². The minimum absolute atomic E-state index is 0.189. The maximum atomic E-state index is 5.90. The van der Waals surface area contributed by atoms with Gasteiger partial charge in [-0.1, -0.05) is 36.4 Å². The summed E-state index contributed by atoms with van der Waals surface area (Å²) in [5.41, 5.74) is 0.747. The van der Waals surface area contributed by atoms with E-state index in [9.17, 15) is 0 Å². The lowest BCUT2D eigenvalue weighted by Crippen LogP contribution is -1.96. The average Bonchev–Trinajstić information content (AvgIpc) is 3.20. The fourth-order valence-electron chi connectivity index (χ4n) is 2.86. The van der Waals surface area contributed by atoms with Crippen LogP contribution in [0.3, 0.4) is 0 Å². The molecule has 0 radical (unpaired) electrons. The van der Waals surface area contributed by atoms with Gasteiger partial charge in [-0.3, -0.25) is 0 Å². The zero-order valence-electron chi connectivity index (χ0n) is 15.0. The van der Waals surface area contributed by atoms with Crippen LogP contribution in [-0.2, 0) is 6.61 Å². The quantitative estimate of drug-likeness (QED) is 0.504. The number of hydrogen-bond acceptors (Lipinski definition) is 6. The van der Waals surface area contributed by atoms with Gasteiger partial charge in [-0.05, 0) is 29.7 Å². The van der Waals surface area contributed by atoms with Gasteiger partial charge < -0.3 is 18.6 Å². The third-order valence-electron chi connectivity index (χ3n) is 4.20. The molecule has 3 aromatic carbocycles. The van der Waals surface area contributed by atoms with Gasteiger partial charge in [0.25, 0.3) is 5.89 Å². The molecule has 0 aliphatic heterocycles. The van der Waals surface area contributed by atoms with Crippen molar-refractivity contribution in [3.8, 4) is 28.7 Å². The first kappa shape index (κ1) is 16.9. The highest BCUT2D eigenvalue weighted by Crippen LogP contribution is 2.32. The second kappa shape index (κ2) is 7.37. The third-order valence-corrected chi connectivity index (χ3v) is 4.20. The monoisotopic (exact) mass is 362 g/mol. The summed E-state index contributed by atoms with van der Waals surface area (Å²) in [4.78, 5) is 0. The Kier molecular flexibility index (Phi) is 4.61. The number of hydrogen-bond donors (Lipinski definition) is 0. The first-order valence-electron chi connectivity index (χ1n) is 8.44. The fraction of sp³-hybridized carbons (Fsp3) is 0.143. The molecule has 0 fully saturated rings. The summed E-state index contributed by atoms with van der Waals surface area (Å²) in [5, 5.41) is 10.3. The van der Waals surface area contributed by atoms with Crippen LogP contribution in [0, 0.1) is 0 Å². The molecule has 0 atom stereocenters. The average molecular weight is 362 g/mol. The summed E-state index contributed by atoms with van der Waals surface area (Å²) in [5.74, 6) is 2.81. The van der Waals surface area contributed by atoms with E-state index in [1.54, 1.807) is 26.4 Å². The van der Waals surface area contributed by atoms with E-state index >= 15 is 0 Å². The van der Waals surface area contributed by atoms with Gasteiger partial charge in [0.15, 0.2) is 18.1 Å². The minimum atomic E-state index is 0.189. The molecule has 0 unspecified atom stereocenters. The van der Waals surface area contributed by atoms with E-state index in [0.717, 1.165) is 22.1 Å². The van der Waals surface area contributed by atoms with Gasteiger partial charge in [-0.15, -0.1) is 10.2 Å². The van der Waals surface area contributed by atoms with Gasteiger partial charge in [0.05, 0.1) is 14.2 Å². The molecule has 0 N–H and O–H groups in total. The van der Waals surface area contributed by atoms with Crippen LogP contribution in [-0.4, -0.2) is 24.4 Å². The Balaban J connectivity index is 1.53. The summed E-state index contributed by atoms with van der Waals surface area (Å²) in [6.45, 7) is 0.189. The minimum Gasteiger partial charge on any atom is -0.493 e. The molecule has 27 heavy (non-hydrogen) atoms. The lowest BCUT2D eigenvalue weighted by atomic mass is 10.1. The summed E-state index contributed by atoms with van der Waals surface area (Å²) < 4.78 is 22.2. The second-order valence-corrected chi connectivity index (χ2v) is 5.84. The molecule has 0 bridgehead atoms. The largest absolute Gasteiger partial charge is 0.493 e. The van der Waals surface area contributed by atoms with E-state index in [1.807, 2.05) is 48.5 Å². The highest BCUT2D eigenvalue weighted by Gasteiger charge is 2.13. The molecule has 6 nitrogen and oxygen atoms in total. The topological polar surface area (TPSA) is 66.6 Å². The highest BCUT2D eigenvalue weighted by atomic mass is 16.5. The Bertz CT molecular complexity index is 1070. The van der Waals surface area contributed by atoms with Crippen LogP contribution in [0.1, 0.15) is 5.89 Å². The van der Waals surface area contributed by atoms with Crippen molar-refractivity contribution < 1.29 is 18.6 Å². The number of rotatable bonds is 6. The Morgan fingerprint density at radius 1 is 0.815 bits per heavy atom. The molecular formula is C21H18N2O4. The first-order valence-corrected chi connectivity index (χ1v) is 8.44. The van der Waals surface area contributed by atoms with Crippen molar-refractivity contribution in [2.45, 2.75) is 6.61 Å². The van der Waals surface area contributed by atoms with E-state index < -0.39 is 0 Å². The molecule has 4 aromatic rings. The zero-order chi connectivity index (χ0) is 18.6. The van der Waals surface area contributed by atoms with E-state index in [1.165, 1.54) is 0 Å². The summed E-state index contributed by atoms with van der Waals surface area (Å²) in [7, 11) is 3.17. The van der Waals surface area contributed by atoms with Gasteiger partial charge in [0, 0.05) is 10.9 Å². The lowest BCUT2D eigenvalue weighted by Gasteiger charge is -2.08. The Morgan fingerprint density at radius 2 is 1.63 bits per heavy atom. The molecule has 1 aromatic heterocycles. The van der Waals surface area contributed by atoms with E-state index in [0.29, 0.717) is 23.3 Å². The van der Waals surface area contributed by atoms with Crippen LogP contribution in [0.2, 0.25) is 0 Å². The number of ether oxygens (including phenoxy) is 3. The number of nitrogens with zero attached hydrogens (tertiary/aromatic N) is 2. The molecule has 4 rings (SSSR count). The third kappa shape index (κ3) is 3.42. The van der Waals surface area contributed by atoms with Gasteiger partial charge in [0.1, 0.15) is 5.75 Å². The van der Waals surface area contributed by atoms with Crippen LogP contribution < -0.4 is 14.2 Å². The van der Waals surface area contributed by atoms with Crippen molar-refractivity contribution in [2.24, 2.45) is 0 Å². The molecule has 0 saturated carbocycles. The Hall–Kier alpha value is -3.54. The van der Waals surface area contributed by atoms with Gasteiger partial charge in [-0.25, -0.2) is 0 Å². The molecule has 0 aliphatic carbocycles. The number of benzene rings is 3. The molecule has 1 heterocycles. The normalized spacial score (nSPS) is 10.7. The Labute approximate surface area is 156 Å². The fourth-order valence-corrected chi connectivity index (χ4v) is 2.86. The molecule has 0 amide bonds. The molecule has 6 heteroatoms. The van der Waals surface area contributed by atoms with Gasteiger partial charge in [0.2, 0.25) is 5.89 Å². The van der Waals surface area contributed by atoms with Gasteiger partial charge in [-0.2, -0.15) is 0 Å². The van der Waals surface area contributed by atoms with Crippen molar-refractivity contribution in [2.75, 3.05) is 14.2 Å². The van der Waals surface area contributed by atoms with E-state index in [-0.39, 0.29) is 6.61 Å². The van der Waals surface area contributed by atoms with Crippen molar-refractivity contribution in [1.29, 1.82) is 0 Å². The van der Waals surface area contributed by atoms with Crippen LogP contribution in [0.4, 0.5) is 0 Å². The molecule has 0 saturated heterocycles. The molecule has 136 valence electrons. The summed E-state index contributed by atoms with van der Waals surface area (Å²) >= 11 is 0.